The topological polar surface area (TPSA) is 68.7 Å². The minimum atomic E-state index is -4.53. The molecule has 0 aliphatic rings. The van der Waals surface area contributed by atoms with Crippen LogP contribution in [0.3, 0.4) is 0 Å². The maximum Gasteiger partial charge on any atom is 0.268 e. The Morgan fingerprint density at radius 1 is 0.933 bits per heavy atom. The molecule has 10 heteroatoms. The Morgan fingerprint density at radius 2 is 1.67 bits per heavy atom. The van der Waals surface area contributed by atoms with Crippen LogP contribution in [0.4, 0.5) is 19.0 Å². The predicted molar refractivity (Wildman–Crippen MR) is 103 cm³/mol. The van der Waals surface area contributed by atoms with Crippen molar-refractivity contribution in [3.8, 4) is 11.5 Å². The summed E-state index contributed by atoms with van der Waals surface area (Å²) in [5, 5.41) is 0. The summed E-state index contributed by atoms with van der Waals surface area (Å²) < 4.78 is 78.6. The van der Waals surface area contributed by atoms with Crippen LogP contribution in [0, 0.1) is 17.5 Å². The van der Waals surface area contributed by atoms with E-state index in [2.05, 4.69) is 4.98 Å². The molecule has 1 heterocycles. The van der Waals surface area contributed by atoms with Crippen molar-refractivity contribution in [1.29, 1.82) is 0 Å². The van der Waals surface area contributed by atoms with Crippen LogP contribution < -0.4 is 13.8 Å². The molecule has 30 heavy (non-hydrogen) atoms. The van der Waals surface area contributed by atoms with Crippen LogP contribution in [0.1, 0.15) is 5.56 Å². The number of benzene rings is 2. The van der Waals surface area contributed by atoms with Crippen molar-refractivity contribution < 1.29 is 31.1 Å². The van der Waals surface area contributed by atoms with Gasteiger partial charge in [-0.2, -0.15) is 0 Å². The molecule has 0 saturated heterocycles. The molecule has 158 valence electrons. The van der Waals surface area contributed by atoms with E-state index in [1.54, 1.807) is 18.2 Å². The zero-order valence-electron chi connectivity index (χ0n) is 16.0. The number of halogens is 3. The number of rotatable bonds is 7. The maximum absolute atomic E-state index is 14.3. The van der Waals surface area contributed by atoms with Gasteiger partial charge in [0.2, 0.25) is 0 Å². The zero-order valence-corrected chi connectivity index (χ0v) is 16.8. The number of nitrogens with zero attached hydrogens (tertiary/aromatic N) is 2. The standard InChI is InChI=1S/C20H17F3N2O4S/c1-28-16-6-3-13(18(10-16)29-2)12-25(20-8-5-15(22)11-24-20)30(26,27)19-7-4-14(21)9-17(19)23/h3-11H,12H2,1-2H3. The third kappa shape index (κ3) is 4.33. The average molecular weight is 438 g/mol. The van der Waals surface area contributed by atoms with E-state index in [1.165, 1.54) is 14.2 Å². The molecule has 3 rings (SSSR count). The number of hydrogen-bond donors (Lipinski definition) is 0. The minimum Gasteiger partial charge on any atom is -0.497 e. The summed E-state index contributed by atoms with van der Waals surface area (Å²) in [6, 6.07) is 9.02. The number of aromatic nitrogens is 1. The van der Waals surface area contributed by atoms with Gasteiger partial charge >= 0.3 is 0 Å². The number of pyridine rings is 1. The van der Waals surface area contributed by atoms with Gasteiger partial charge in [0.15, 0.2) is 0 Å². The Morgan fingerprint density at radius 3 is 2.27 bits per heavy atom. The van der Waals surface area contributed by atoms with Gasteiger partial charge in [-0.1, -0.05) is 0 Å². The van der Waals surface area contributed by atoms with Crippen LogP contribution >= 0.6 is 0 Å². The molecule has 0 unspecified atom stereocenters. The Balaban J connectivity index is 2.13. The van der Waals surface area contributed by atoms with Gasteiger partial charge in [0.25, 0.3) is 10.0 Å². The molecule has 0 aliphatic carbocycles. The predicted octanol–water partition coefficient (Wildman–Crippen LogP) is 3.91. The van der Waals surface area contributed by atoms with E-state index in [1.807, 2.05) is 0 Å². The highest BCUT2D eigenvalue weighted by Crippen LogP contribution is 2.31. The molecule has 0 N–H and O–H groups in total. The first-order valence-corrected chi connectivity index (χ1v) is 10.0. The minimum absolute atomic E-state index is 0.155. The molecule has 2 aromatic carbocycles. The lowest BCUT2D eigenvalue weighted by atomic mass is 10.2. The Hall–Kier alpha value is -3.27. The summed E-state index contributed by atoms with van der Waals surface area (Å²) in [5.41, 5.74) is 0.413. The van der Waals surface area contributed by atoms with Crippen molar-refractivity contribution in [3.63, 3.8) is 0 Å². The molecule has 1 aromatic heterocycles. The normalized spacial score (nSPS) is 11.2. The second-order valence-electron chi connectivity index (χ2n) is 6.10. The molecule has 0 atom stereocenters. The van der Waals surface area contributed by atoms with E-state index in [0.717, 1.165) is 34.8 Å². The van der Waals surface area contributed by atoms with E-state index in [4.69, 9.17) is 9.47 Å². The highest BCUT2D eigenvalue weighted by atomic mass is 32.2. The molecule has 0 spiro atoms. The van der Waals surface area contributed by atoms with Crippen LogP contribution in [0.5, 0.6) is 11.5 Å². The van der Waals surface area contributed by atoms with E-state index in [9.17, 15) is 21.6 Å². The van der Waals surface area contributed by atoms with Gasteiger partial charge in [0.05, 0.1) is 27.0 Å². The second-order valence-corrected chi connectivity index (χ2v) is 7.93. The van der Waals surface area contributed by atoms with Crippen LogP contribution in [-0.4, -0.2) is 27.6 Å². The molecule has 0 fully saturated rings. The van der Waals surface area contributed by atoms with Gasteiger partial charge in [-0.15, -0.1) is 0 Å². The number of anilines is 1. The van der Waals surface area contributed by atoms with Crippen molar-refractivity contribution in [2.75, 3.05) is 18.5 Å². The first-order valence-electron chi connectivity index (χ1n) is 8.56. The van der Waals surface area contributed by atoms with Gasteiger partial charge in [-0.05, 0) is 36.4 Å². The van der Waals surface area contributed by atoms with Crippen molar-refractivity contribution in [1.82, 2.24) is 4.98 Å². The quantitative estimate of drug-likeness (QED) is 0.560. The van der Waals surface area contributed by atoms with Crippen LogP contribution in [0.25, 0.3) is 0 Å². The van der Waals surface area contributed by atoms with E-state index in [0.29, 0.717) is 23.1 Å². The molecule has 0 radical (unpaired) electrons. The monoisotopic (exact) mass is 438 g/mol. The highest BCUT2D eigenvalue weighted by Gasteiger charge is 2.30. The van der Waals surface area contributed by atoms with Gasteiger partial charge in [0.1, 0.15) is 39.7 Å². The molecule has 0 bridgehead atoms. The van der Waals surface area contributed by atoms with Gasteiger partial charge in [-0.25, -0.2) is 30.9 Å². The zero-order chi connectivity index (χ0) is 21.9. The Kier molecular flexibility index (Phi) is 6.16. The van der Waals surface area contributed by atoms with Crippen molar-refractivity contribution in [3.05, 3.63) is 77.7 Å². The average Bonchev–Trinajstić information content (AvgIpc) is 2.72. The van der Waals surface area contributed by atoms with Gasteiger partial charge in [-0.3, -0.25) is 0 Å². The largest absolute Gasteiger partial charge is 0.497 e. The first kappa shape index (κ1) is 21.4. The maximum atomic E-state index is 14.3. The lowest BCUT2D eigenvalue weighted by Gasteiger charge is -2.24. The third-order valence-electron chi connectivity index (χ3n) is 4.24. The highest BCUT2D eigenvalue weighted by molar-refractivity contribution is 7.92. The third-order valence-corrected chi connectivity index (χ3v) is 6.02. The molecule has 3 aromatic rings. The number of methoxy groups -OCH3 is 2. The van der Waals surface area contributed by atoms with Crippen LogP contribution in [-0.2, 0) is 16.6 Å². The smallest absolute Gasteiger partial charge is 0.268 e. The Labute approximate surface area is 171 Å². The first-order chi connectivity index (χ1) is 14.3. The lowest BCUT2D eigenvalue weighted by molar-refractivity contribution is 0.391. The van der Waals surface area contributed by atoms with E-state index >= 15 is 0 Å². The van der Waals surface area contributed by atoms with Crippen LogP contribution in [0.2, 0.25) is 0 Å². The Bertz CT molecular complexity index is 1160. The van der Waals surface area contributed by atoms with Crippen molar-refractivity contribution in [2.45, 2.75) is 11.4 Å². The van der Waals surface area contributed by atoms with Gasteiger partial charge < -0.3 is 9.47 Å². The molecule has 0 aliphatic heterocycles. The number of hydrogen-bond acceptors (Lipinski definition) is 5. The summed E-state index contributed by atoms with van der Waals surface area (Å²) >= 11 is 0. The fourth-order valence-corrected chi connectivity index (χ4v) is 4.19. The van der Waals surface area contributed by atoms with Crippen LogP contribution in [0.15, 0.2) is 59.6 Å². The van der Waals surface area contributed by atoms with Crippen molar-refractivity contribution >= 4 is 15.8 Å². The van der Waals surface area contributed by atoms with E-state index in [-0.39, 0.29) is 12.4 Å². The molecule has 0 amide bonds. The number of sulfonamides is 1. The lowest BCUT2D eigenvalue weighted by Crippen LogP contribution is -2.32. The molecular weight excluding hydrogens is 421 g/mol. The summed E-state index contributed by atoms with van der Waals surface area (Å²) in [7, 11) is -1.67. The summed E-state index contributed by atoms with van der Waals surface area (Å²) in [6.45, 7) is -0.315. The SMILES string of the molecule is COc1ccc(CN(c2ccc(F)cn2)S(=O)(=O)c2ccc(F)cc2F)c(OC)c1. The van der Waals surface area contributed by atoms with Crippen molar-refractivity contribution in [2.24, 2.45) is 0 Å². The molecule has 6 nitrogen and oxygen atoms in total. The molecular formula is C20H17F3N2O4S. The van der Waals surface area contributed by atoms with E-state index < -0.39 is 32.4 Å². The van der Waals surface area contributed by atoms with Gasteiger partial charge in [0, 0.05) is 17.7 Å². The summed E-state index contributed by atoms with van der Waals surface area (Å²) in [5.74, 6) is -2.21. The fourth-order valence-electron chi connectivity index (χ4n) is 2.74. The second kappa shape index (κ2) is 8.62. The number of ether oxygens (including phenoxy) is 2. The summed E-state index contributed by atoms with van der Waals surface area (Å²) in [6.07, 6.45) is 0.837. The fraction of sp³-hybridized carbons (Fsp3) is 0.150. The summed E-state index contributed by atoms with van der Waals surface area (Å²) in [4.78, 5) is 3.07. The molecule has 0 saturated carbocycles.